The van der Waals surface area contributed by atoms with E-state index in [1.54, 1.807) is 14.7 Å². The van der Waals surface area contributed by atoms with Gasteiger partial charge in [0.05, 0.1) is 12.6 Å². The Kier molecular flexibility index (Phi) is 6.24. The molecule has 4 aliphatic rings. The number of carbonyl (C=O) groups excluding carboxylic acids is 4. The largest absolute Gasteiger partial charge is 0.336 e. The van der Waals surface area contributed by atoms with Gasteiger partial charge in [-0.1, -0.05) is 19.3 Å². The van der Waals surface area contributed by atoms with Gasteiger partial charge >= 0.3 is 12.1 Å². The first-order chi connectivity index (χ1) is 14.8. The summed E-state index contributed by atoms with van der Waals surface area (Å²) in [4.78, 5) is 56.0. The maximum absolute atomic E-state index is 13.2. The Balaban J connectivity index is 1.37. The third-order valence-electron chi connectivity index (χ3n) is 6.79. The van der Waals surface area contributed by atoms with Gasteiger partial charge in [-0.2, -0.15) is 0 Å². The lowest BCUT2D eigenvalue weighted by molar-refractivity contribution is -0.162. The number of hydrogen-bond acceptors (Lipinski definition) is 4. The molecule has 0 unspecified atom stereocenters. The molecule has 172 valence electrons. The van der Waals surface area contributed by atoms with Gasteiger partial charge in [-0.05, 0) is 33.1 Å². The molecule has 10 heteroatoms. The van der Waals surface area contributed by atoms with E-state index in [-0.39, 0.29) is 48.5 Å². The summed E-state index contributed by atoms with van der Waals surface area (Å²) < 4.78 is 0. The van der Waals surface area contributed by atoms with Gasteiger partial charge in [-0.25, -0.2) is 9.59 Å². The van der Waals surface area contributed by atoms with E-state index in [2.05, 4.69) is 16.0 Å². The second-order valence-corrected chi connectivity index (χ2v) is 9.49. The van der Waals surface area contributed by atoms with Crippen molar-refractivity contribution < 1.29 is 19.2 Å². The van der Waals surface area contributed by atoms with Crippen LogP contribution in [-0.4, -0.2) is 95.0 Å². The van der Waals surface area contributed by atoms with Gasteiger partial charge in [-0.15, -0.1) is 0 Å². The van der Waals surface area contributed by atoms with E-state index >= 15 is 0 Å². The minimum Gasteiger partial charge on any atom is -0.336 e. The molecule has 4 rings (SSSR count). The van der Waals surface area contributed by atoms with Crippen LogP contribution in [0, 0.1) is 0 Å². The molecule has 10 nitrogen and oxygen atoms in total. The summed E-state index contributed by atoms with van der Waals surface area (Å²) in [7, 11) is 0. The number of rotatable bonds is 3. The van der Waals surface area contributed by atoms with Gasteiger partial charge in [0.15, 0.2) is 0 Å². The molecule has 3 saturated heterocycles. The highest BCUT2D eigenvalue weighted by atomic mass is 16.2. The Hall–Kier alpha value is -2.52. The molecule has 3 heterocycles. The first-order valence-electron chi connectivity index (χ1n) is 11.6. The Morgan fingerprint density at radius 2 is 1.58 bits per heavy atom. The van der Waals surface area contributed by atoms with Crippen LogP contribution in [0.25, 0.3) is 0 Å². The molecule has 1 aliphatic carbocycles. The third-order valence-corrected chi connectivity index (χ3v) is 6.79. The summed E-state index contributed by atoms with van der Waals surface area (Å²) >= 11 is 0. The number of fused-ring (bicyclic) bond motifs is 2. The number of nitrogens with one attached hydrogen (secondary N) is 3. The molecule has 0 spiro atoms. The number of amides is 6. The Labute approximate surface area is 183 Å². The number of carbonyl (C=O) groups is 4. The lowest BCUT2D eigenvalue weighted by Gasteiger charge is -2.47. The summed E-state index contributed by atoms with van der Waals surface area (Å²) in [5.74, 6) is -0.209. The second-order valence-electron chi connectivity index (χ2n) is 9.49. The zero-order chi connectivity index (χ0) is 22.1. The maximum atomic E-state index is 13.2. The average molecular weight is 435 g/mol. The van der Waals surface area contributed by atoms with Crippen molar-refractivity contribution in [2.45, 2.75) is 82.6 Å². The number of piperazine rings is 2. The predicted octanol–water partition coefficient (Wildman–Crippen LogP) is 0.232. The fourth-order valence-corrected chi connectivity index (χ4v) is 5.25. The topological polar surface area (TPSA) is 114 Å². The van der Waals surface area contributed by atoms with Crippen LogP contribution in [0.15, 0.2) is 0 Å². The molecular formula is C21H34N6O4. The van der Waals surface area contributed by atoms with Crippen molar-refractivity contribution in [3.8, 4) is 0 Å². The van der Waals surface area contributed by atoms with E-state index in [0.29, 0.717) is 26.1 Å². The molecule has 6 amide bonds. The van der Waals surface area contributed by atoms with E-state index < -0.39 is 12.1 Å². The second kappa shape index (κ2) is 8.92. The molecule has 3 aliphatic heterocycles. The maximum Gasteiger partial charge on any atom is 0.317 e. The van der Waals surface area contributed by atoms with Crippen molar-refractivity contribution in [1.82, 2.24) is 30.7 Å². The van der Waals surface area contributed by atoms with E-state index in [0.717, 1.165) is 25.7 Å². The van der Waals surface area contributed by atoms with E-state index in [1.165, 1.54) is 6.42 Å². The van der Waals surface area contributed by atoms with Crippen LogP contribution in [0.4, 0.5) is 9.59 Å². The fourth-order valence-electron chi connectivity index (χ4n) is 5.25. The van der Waals surface area contributed by atoms with Crippen LogP contribution >= 0.6 is 0 Å². The number of urea groups is 2. The summed E-state index contributed by atoms with van der Waals surface area (Å²) in [6.45, 7) is 5.08. The van der Waals surface area contributed by atoms with E-state index in [9.17, 15) is 19.2 Å². The molecule has 1 saturated carbocycles. The van der Waals surface area contributed by atoms with Crippen LogP contribution < -0.4 is 16.0 Å². The predicted molar refractivity (Wildman–Crippen MR) is 113 cm³/mol. The Morgan fingerprint density at radius 1 is 0.871 bits per heavy atom. The first-order valence-corrected chi connectivity index (χ1v) is 11.6. The normalized spacial score (nSPS) is 29.0. The van der Waals surface area contributed by atoms with Crippen molar-refractivity contribution in [3.63, 3.8) is 0 Å². The average Bonchev–Trinajstić information content (AvgIpc) is 3.15. The fraction of sp³-hybridized carbons (Fsp3) is 0.810. The molecule has 31 heavy (non-hydrogen) atoms. The van der Waals surface area contributed by atoms with Gasteiger partial charge in [0.1, 0.15) is 12.1 Å². The van der Waals surface area contributed by atoms with E-state index in [4.69, 9.17) is 0 Å². The number of nitrogens with zero attached hydrogens (tertiary/aromatic N) is 3. The molecular weight excluding hydrogens is 400 g/mol. The smallest absolute Gasteiger partial charge is 0.317 e. The van der Waals surface area contributed by atoms with Gasteiger partial charge in [0, 0.05) is 31.7 Å². The van der Waals surface area contributed by atoms with Crippen LogP contribution in [-0.2, 0) is 9.59 Å². The quantitative estimate of drug-likeness (QED) is 0.590. The summed E-state index contributed by atoms with van der Waals surface area (Å²) in [5, 5.41) is 8.75. The highest BCUT2D eigenvalue weighted by Gasteiger charge is 2.52. The molecule has 0 aromatic rings. The minimum absolute atomic E-state index is 0.00645. The first kappa shape index (κ1) is 21.7. The highest BCUT2D eigenvalue weighted by Crippen LogP contribution is 2.29. The lowest BCUT2D eigenvalue weighted by atomic mass is 9.95. The number of hydrogen-bond donors (Lipinski definition) is 3. The lowest BCUT2D eigenvalue weighted by Crippen LogP contribution is -2.69. The molecule has 3 atom stereocenters. The summed E-state index contributed by atoms with van der Waals surface area (Å²) in [5.41, 5.74) is 0. The van der Waals surface area contributed by atoms with Crippen molar-refractivity contribution >= 4 is 23.9 Å². The molecule has 0 aromatic heterocycles. The Morgan fingerprint density at radius 3 is 2.29 bits per heavy atom. The molecule has 0 bridgehead atoms. The van der Waals surface area contributed by atoms with Crippen LogP contribution in [0.3, 0.4) is 0 Å². The van der Waals surface area contributed by atoms with Crippen LogP contribution in [0.5, 0.6) is 0 Å². The highest BCUT2D eigenvalue weighted by molar-refractivity contribution is 5.98. The Bertz CT molecular complexity index is 737. The summed E-state index contributed by atoms with van der Waals surface area (Å²) in [6.07, 6.45) is 5.91. The third kappa shape index (κ3) is 4.57. The molecule has 0 aromatic carbocycles. The van der Waals surface area contributed by atoms with Crippen molar-refractivity contribution in [2.24, 2.45) is 0 Å². The zero-order valence-electron chi connectivity index (χ0n) is 18.4. The van der Waals surface area contributed by atoms with Gasteiger partial charge in [-0.3, -0.25) is 9.59 Å². The monoisotopic (exact) mass is 434 g/mol. The zero-order valence-corrected chi connectivity index (χ0v) is 18.4. The van der Waals surface area contributed by atoms with E-state index in [1.807, 2.05) is 13.8 Å². The summed E-state index contributed by atoms with van der Waals surface area (Å²) in [6, 6.07) is -1.65. The molecule has 3 N–H and O–H groups in total. The van der Waals surface area contributed by atoms with Gasteiger partial charge < -0.3 is 30.7 Å². The SMILES string of the molecule is CC(C)NC(=O)N[C@H]1C[C@H]2C(=O)N3CCN(C(=O)NC4CCCCC4)C[C@H]3C(=O)N2C1. The van der Waals surface area contributed by atoms with Gasteiger partial charge in [0.25, 0.3) is 0 Å². The van der Waals surface area contributed by atoms with Gasteiger partial charge in [0.2, 0.25) is 11.8 Å². The van der Waals surface area contributed by atoms with Crippen molar-refractivity contribution in [1.29, 1.82) is 0 Å². The minimum atomic E-state index is -0.641. The van der Waals surface area contributed by atoms with Crippen molar-refractivity contribution in [2.75, 3.05) is 26.2 Å². The van der Waals surface area contributed by atoms with Crippen LogP contribution in [0.1, 0.15) is 52.4 Å². The molecule has 4 fully saturated rings. The standard InChI is InChI=1S/C21H34N6O4/c1-13(2)22-20(30)23-15-10-16-18(28)26-9-8-25(12-17(26)19(29)27(16)11-15)21(31)24-14-6-4-3-5-7-14/h13-17H,3-12H2,1-2H3,(H,24,31)(H2,22,23,30)/t15-,16-,17-/m0/s1. The van der Waals surface area contributed by atoms with Crippen molar-refractivity contribution in [3.05, 3.63) is 0 Å². The van der Waals surface area contributed by atoms with Crippen LogP contribution in [0.2, 0.25) is 0 Å². The molecule has 0 radical (unpaired) electrons.